The summed E-state index contributed by atoms with van der Waals surface area (Å²) >= 11 is 1.55. The number of rotatable bonds is 5. The first kappa shape index (κ1) is 14.3. The molecule has 0 saturated heterocycles. The highest BCUT2D eigenvalue weighted by Crippen LogP contribution is 2.33. The van der Waals surface area contributed by atoms with Gasteiger partial charge in [-0.05, 0) is 29.3 Å². The minimum Gasteiger partial charge on any atom is -0.490 e. The lowest BCUT2D eigenvalue weighted by Crippen LogP contribution is -2.08. The average molecular weight is 296 g/mol. The zero-order valence-corrected chi connectivity index (χ0v) is 11.7. The van der Waals surface area contributed by atoms with E-state index in [1.807, 2.05) is 23.8 Å². The summed E-state index contributed by atoms with van der Waals surface area (Å²) in [7, 11) is 1.31. The molecule has 1 aromatic heterocycles. The molecule has 0 bridgehead atoms. The summed E-state index contributed by atoms with van der Waals surface area (Å²) < 4.78 is 18.8. The molecule has 0 spiro atoms. The van der Waals surface area contributed by atoms with Gasteiger partial charge >= 0.3 is 5.69 Å². The second kappa shape index (κ2) is 5.87. The topological polar surface area (TPSA) is 64.4 Å². The van der Waals surface area contributed by atoms with Crippen LogP contribution in [-0.2, 0) is 0 Å². The number of nitro benzene ring substituents is 1. The Morgan fingerprint density at radius 3 is 2.80 bits per heavy atom. The molecule has 1 N–H and O–H groups in total. The van der Waals surface area contributed by atoms with E-state index < -0.39 is 16.4 Å². The van der Waals surface area contributed by atoms with Crippen molar-refractivity contribution in [2.24, 2.45) is 0 Å². The van der Waals surface area contributed by atoms with Gasteiger partial charge in [0.1, 0.15) is 0 Å². The van der Waals surface area contributed by atoms with Crippen molar-refractivity contribution in [3.8, 4) is 5.75 Å². The molecule has 2 rings (SSSR count). The molecule has 0 radical (unpaired) electrons. The van der Waals surface area contributed by atoms with Gasteiger partial charge in [0.25, 0.3) is 0 Å². The predicted octanol–water partition coefficient (Wildman–Crippen LogP) is 3.98. The normalized spacial score (nSPS) is 11.9. The van der Waals surface area contributed by atoms with E-state index in [1.54, 1.807) is 11.3 Å². The van der Waals surface area contributed by atoms with E-state index in [0.717, 1.165) is 11.6 Å². The highest BCUT2D eigenvalue weighted by atomic mass is 32.1. The summed E-state index contributed by atoms with van der Waals surface area (Å²) in [5, 5.41) is 17.7. The third kappa shape index (κ3) is 2.88. The second-order valence-corrected chi connectivity index (χ2v) is 4.96. The van der Waals surface area contributed by atoms with Gasteiger partial charge in [0.15, 0.2) is 11.6 Å². The number of hydrogen-bond acceptors (Lipinski definition) is 5. The highest BCUT2D eigenvalue weighted by molar-refractivity contribution is 7.07. The molecule has 1 unspecified atom stereocenters. The summed E-state index contributed by atoms with van der Waals surface area (Å²) in [6.45, 7) is 1.88. The van der Waals surface area contributed by atoms with E-state index in [1.165, 1.54) is 13.2 Å². The van der Waals surface area contributed by atoms with Gasteiger partial charge < -0.3 is 10.1 Å². The number of anilines is 1. The molecular formula is C13H13FN2O3S. The fraction of sp³-hybridized carbons (Fsp3) is 0.231. The molecule has 0 fully saturated rings. The van der Waals surface area contributed by atoms with E-state index in [0.29, 0.717) is 0 Å². The molecule has 0 saturated carbocycles. The first-order chi connectivity index (χ1) is 9.52. The first-order valence-electron chi connectivity index (χ1n) is 5.83. The van der Waals surface area contributed by atoms with Crippen LogP contribution >= 0.6 is 11.3 Å². The number of halogens is 1. The van der Waals surface area contributed by atoms with Crippen molar-refractivity contribution in [2.75, 3.05) is 12.4 Å². The minimum atomic E-state index is -0.681. The van der Waals surface area contributed by atoms with Crippen molar-refractivity contribution < 1.29 is 14.1 Å². The summed E-state index contributed by atoms with van der Waals surface area (Å²) in [5.41, 5.74) is 0.802. The SMILES string of the molecule is COc1cc(NC(C)c2ccsc2)c(F)cc1[N+](=O)[O-]. The van der Waals surface area contributed by atoms with Crippen molar-refractivity contribution in [3.05, 3.63) is 50.5 Å². The van der Waals surface area contributed by atoms with Crippen molar-refractivity contribution in [1.82, 2.24) is 0 Å². The summed E-state index contributed by atoms with van der Waals surface area (Å²) in [6.07, 6.45) is 0. The van der Waals surface area contributed by atoms with Crippen LogP contribution in [0.4, 0.5) is 15.8 Å². The number of benzene rings is 1. The number of nitrogens with one attached hydrogen (secondary N) is 1. The van der Waals surface area contributed by atoms with E-state index in [9.17, 15) is 14.5 Å². The van der Waals surface area contributed by atoms with Crippen LogP contribution in [0, 0.1) is 15.9 Å². The Morgan fingerprint density at radius 2 is 2.25 bits per heavy atom. The number of methoxy groups -OCH3 is 1. The van der Waals surface area contributed by atoms with Crippen molar-refractivity contribution in [1.29, 1.82) is 0 Å². The van der Waals surface area contributed by atoms with Crippen LogP contribution < -0.4 is 10.1 Å². The van der Waals surface area contributed by atoms with Crippen LogP contribution in [0.3, 0.4) is 0 Å². The van der Waals surface area contributed by atoms with Gasteiger partial charge in [-0.25, -0.2) is 4.39 Å². The van der Waals surface area contributed by atoms with Gasteiger partial charge in [0.2, 0.25) is 0 Å². The van der Waals surface area contributed by atoms with Gasteiger partial charge in [-0.2, -0.15) is 11.3 Å². The van der Waals surface area contributed by atoms with Gasteiger partial charge in [-0.3, -0.25) is 10.1 Å². The molecule has 1 atom stereocenters. The van der Waals surface area contributed by atoms with Crippen molar-refractivity contribution in [2.45, 2.75) is 13.0 Å². The molecule has 2 aromatic rings. The number of hydrogen-bond donors (Lipinski definition) is 1. The Morgan fingerprint density at radius 1 is 1.50 bits per heavy atom. The molecule has 106 valence electrons. The maximum Gasteiger partial charge on any atom is 0.313 e. The Labute approximate surface area is 119 Å². The third-order valence-corrected chi connectivity index (χ3v) is 3.58. The fourth-order valence-electron chi connectivity index (χ4n) is 1.80. The Balaban J connectivity index is 2.30. The molecule has 0 aliphatic rings. The molecule has 0 amide bonds. The highest BCUT2D eigenvalue weighted by Gasteiger charge is 2.20. The molecule has 1 aromatic carbocycles. The molecule has 5 nitrogen and oxygen atoms in total. The van der Waals surface area contributed by atoms with Gasteiger partial charge in [0.05, 0.1) is 23.8 Å². The van der Waals surface area contributed by atoms with Crippen LogP contribution in [0.1, 0.15) is 18.5 Å². The van der Waals surface area contributed by atoms with Crippen LogP contribution in [0.25, 0.3) is 0 Å². The largest absolute Gasteiger partial charge is 0.490 e. The van der Waals surface area contributed by atoms with Crippen molar-refractivity contribution in [3.63, 3.8) is 0 Å². The molecule has 1 heterocycles. The van der Waals surface area contributed by atoms with Crippen LogP contribution in [0.5, 0.6) is 5.75 Å². The summed E-state index contributed by atoms with van der Waals surface area (Å²) in [6, 6.07) is 3.99. The van der Waals surface area contributed by atoms with E-state index in [2.05, 4.69) is 5.32 Å². The smallest absolute Gasteiger partial charge is 0.313 e. The zero-order chi connectivity index (χ0) is 14.7. The molecule has 0 aliphatic heterocycles. The quantitative estimate of drug-likeness (QED) is 0.669. The van der Waals surface area contributed by atoms with Crippen LogP contribution in [0.2, 0.25) is 0 Å². The van der Waals surface area contributed by atoms with Gasteiger partial charge in [0, 0.05) is 12.1 Å². The standard InChI is InChI=1S/C13H13FN2O3S/c1-8(9-3-4-20-7-9)15-11-6-13(19-2)12(16(17)18)5-10(11)14/h3-8,15H,1-2H3. The van der Waals surface area contributed by atoms with Crippen molar-refractivity contribution >= 4 is 22.7 Å². The first-order valence-corrected chi connectivity index (χ1v) is 6.77. The number of nitro groups is 1. The average Bonchev–Trinajstić information content (AvgIpc) is 2.94. The lowest BCUT2D eigenvalue weighted by molar-refractivity contribution is -0.385. The lowest BCUT2D eigenvalue weighted by atomic mass is 10.1. The fourth-order valence-corrected chi connectivity index (χ4v) is 2.55. The molecule has 7 heteroatoms. The molecule has 0 aliphatic carbocycles. The molecular weight excluding hydrogens is 283 g/mol. The van der Waals surface area contributed by atoms with Crippen LogP contribution in [0.15, 0.2) is 29.0 Å². The number of thiophene rings is 1. The molecule has 20 heavy (non-hydrogen) atoms. The Kier molecular flexibility index (Phi) is 4.19. The lowest BCUT2D eigenvalue weighted by Gasteiger charge is -2.15. The Bertz CT molecular complexity index is 616. The minimum absolute atomic E-state index is 0.0245. The zero-order valence-electron chi connectivity index (χ0n) is 10.9. The Hall–Kier alpha value is -2.15. The van der Waals surface area contributed by atoms with E-state index in [4.69, 9.17) is 4.74 Å². The van der Waals surface area contributed by atoms with Gasteiger partial charge in [-0.1, -0.05) is 0 Å². The third-order valence-electron chi connectivity index (χ3n) is 2.88. The van der Waals surface area contributed by atoms with Crippen LogP contribution in [-0.4, -0.2) is 12.0 Å². The van der Waals surface area contributed by atoms with Gasteiger partial charge in [-0.15, -0.1) is 0 Å². The monoisotopic (exact) mass is 296 g/mol. The predicted molar refractivity (Wildman–Crippen MR) is 76.0 cm³/mol. The maximum absolute atomic E-state index is 13.9. The summed E-state index contributed by atoms with van der Waals surface area (Å²) in [5.74, 6) is -0.656. The van der Waals surface area contributed by atoms with E-state index >= 15 is 0 Å². The number of ether oxygens (including phenoxy) is 1. The number of nitrogens with zero attached hydrogens (tertiary/aromatic N) is 1. The maximum atomic E-state index is 13.9. The second-order valence-electron chi connectivity index (χ2n) is 4.18. The van der Waals surface area contributed by atoms with E-state index in [-0.39, 0.29) is 17.5 Å². The summed E-state index contributed by atoms with van der Waals surface area (Å²) in [4.78, 5) is 10.1.